The van der Waals surface area contributed by atoms with Gasteiger partial charge in [0.15, 0.2) is 0 Å². The quantitative estimate of drug-likeness (QED) is 0.414. The van der Waals surface area contributed by atoms with Crippen LogP contribution < -0.4 is 11.3 Å². The molecular formula is C13H24N2. The maximum absolute atomic E-state index is 5.62. The number of hydrogen-bond acceptors (Lipinski definition) is 2. The molecule has 0 aromatic carbocycles. The fourth-order valence-electron chi connectivity index (χ4n) is 2.66. The summed E-state index contributed by atoms with van der Waals surface area (Å²) >= 11 is 0. The highest BCUT2D eigenvalue weighted by molar-refractivity contribution is 4.96. The van der Waals surface area contributed by atoms with E-state index in [0.717, 1.165) is 24.7 Å². The predicted octanol–water partition coefficient (Wildman–Crippen LogP) is 2.45. The minimum Gasteiger partial charge on any atom is -0.271 e. The summed E-state index contributed by atoms with van der Waals surface area (Å²) in [5.41, 5.74) is 2.98. The van der Waals surface area contributed by atoms with Gasteiger partial charge in [0, 0.05) is 12.5 Å². The lowest BCUT2D eigenvalue weighted by molar-refractivity contribution is 0.336. The predicted molar refractivity (Wildman–Crippen MR) is 64.9 cm³/mol. The largest absolute Gasteiger partial charge is 0.271 e. The lowest BCUT2D eigenvalue weighted by atomic mass is 9.93. The highest BCUT2D eigenvalue weighted by Gasteiger charge is 2.28. The van der Waals surface area contributed by atoms with Crippen molar-refractivity contribution in [3.8, 4) is 11.8 Å². The van der Waals surface area contributed by atoms with Gasteiger partial charge in [-0.25, -0.2) is 0 Å². The molecule has 3 unspecified atom stereocenters. The van der Waals surface area contributed by atoms with Crippen molar-refractivity contribution in [1.29, 1.82) is 0 Å². The molecule has 0 saturated heterocycles. The molecule has 0 bridgehead atoms. The van der Waals surface area contributed by atoms with Crippen LogP contribution in [0.3, 0.4) is 0 Å². The number of rotatable bonds is 5. The topological polar surface area (TPSA) is 38.0 Å². The molecule has 2 heteroatoms. The normalized spacial score (nSPS) is 27.1. The molecule has 0 aliphatic heterocycles. The van der Waals surface area contributed by atoms with Gasteiger partial charge in [0.05, 0.1) is 0 Å². The van der Waals surface area contributed by atoms with Crippen LogP contribution in [0.15, 0.2) is 0 Å². The maximum Gasteiger partial charge on any atom is 0.0247 e. The maximum atomic E-state index is 5.62. The van der Waals surface area contributed by atoms with E-state index in [1.165, 1.54) is 25.7 Å². The molecular weight excluding hydrogens is 184 g/mol. The molecule has 2 nitrogen and oxygen atoms in total. The van der Waals surface area contributed by atoms with E-state index in [4.69, 9.17) is 5.84 Å². The number of nitrogens with two attached hydrogens (primary N) is 1. The van der Waals surface area contributed by atoms with Crippen LogP contribution in [0, 0.1) is 23.7 Å². The molecule has 0 spiro atoms. The molecule has 1 saturated carbocycles. The van der Waals surface area contributed by atoms with E-state index in [0.29, 0.717) is 6.04 Å². The van der Waals surface area contributed by atoms with Gasteiger partial charge in [-0.1, -0.05) is 19.8 Å². The molecule has 3 N–H and O–H groups in total. The summed E-state index contributed by atoms with van der Waals surface area (Å²) in [6, 6.07) is 0.474. The van der Waals surface area contributed by atoms with Crippen LogP contribution in [0.5, 0.6) is 0 Å². The molecule has 3 atom stereocenters. The van der Waals surface area contributed by atoms with Gasteiger partial charge in [0.1, 0.15) is 0 Å². The summed E-state index contributed by atoms with van der Waals surface area (Å²) in [7, 11) is 0. The Balaban J connectivity index is 2.34. The molecule has 0 radical (unpaired) electrons. The Morgan fingerprint density at radius 3 is 2.80 bits per heavy atom. The zero-order valence-electron chi connectivity index (χ0n) is 10.1. The Morgan fingerprint density at radius 2 is 2.27 bits per heavy atom. The van der Waals surface area contributed by atoms with Crippen molar-refractivity contribution >= 4 is 0 Å². The van der Waals surface area contributed by atoms with E-state index in [2.05, 4.69) is 24.2 Å². The van der Waals surface area contributed by atoms with Gasteiger partial charge in [0.2, 0.25) is 0 Å². The van der Waals surface area contributed by atoms with Crippen molar-refractivity contribution < 1.29 is 0 Å². The highest BCUT2D eigenvalue weighted by Crippen LogP contribution is 2.35. The van der Waals surface area contributed by atoms with Gasteiger partial charge in [0.25, 0.3) is 0 Å². The minimum absolute atomic E-state index is 0.474. The van der Waals surface area contributed by atoms with E-state index >= 15 is 0 Å². The first kappa shape index (κ1) is 12.5. The van der Waals surface area contributed by atoms with Crippen LogP contribution in [0.25, 0.3) is 0 Å². The van der Waals surface area contributed by atoms with Crippen molar-refractivity contribution in [2.75, 3.05) is 0 Å². The number of nitrogens with one attached hydrogen (secondary N) is 1. The third-order valence-electron chi connectivity index (χ3n) is 3.70. The average molecular weight is 208 g/mol. The molecule has 1 fully saturated rings. The molecule has 0 amide bonds. The molecule has 0 aromatic heterocycles. The summed E-state index contributed by atoms with van der Waals surface area (Å²) in [5, 5.41) is 0. The molecule has 0 heterocycles. The monoisotopic (exact) mass is 208 g/mol. The third kappa shape index (κ3) is 3.85. The van der Waals surface area contributed by atoms with Crippen molar-refractivity contribution in [2.45, 2.75) is 58.4 Å². The Labute approximate surface area is 94.0 Å². The van der Waals surface area contributed by atoms with Gasteiger partial charge < -0.3 is 0 Å². The smallest absolute Gasteiger partial charge is 0.0247 e. The highest BCUT2D eigenvalue weighted by atomic mass is 15.2. The fraction of sp³-hybridized carbons (Fsp3) is 0.846. The summed E-state index contributed by atoms with van der Waals surface area (Å²) in [5.74, 6) is 13.4. The first-order valence-corrected chi connectivity index (χ1v) is 6.17. The molecule has 0 aromatic rings. The Morgan fingerprint density at radius 1 is 1.47 bits per heavy atom. The summed E-state index contributed by atoms with van der Waals surface area (Å²) in [6.45, 7) is 4.19. The van der Waals surface area contributed by atoms with Crippen LogP contribution in [0.4, 0.5) is 0 Å². The number of hydrogen-bond donors (Lipinski definition) is 2. The fourth-order valence-corrected chi connectivity index (χ4v) is 2.66. The van der Waals surface area contributed by atoms with E-state index in [9.17, 15) is 0 Å². The molecule has 15 heavy (non-hydrogen) atoms. The third-order valence-corrected chi connectivity index (χ3v) is 3.70. The van der Waals surface area contributed by atoms with Crippen molar-refractivity contribution in [3.63, 3.8) is 0 Å². The van der Waals surface area contributed by atoms with Gasteiger partial charge >= 0.3 is 0 Å². The van der Waals surface area contributed by atoms with Gasteiger partial charge in [-0.05, 0) is 38.0 Å². The second-order valence-corrected chi connectivity index (χ2v) is 4.59. The first-order valence-electron chi connectivity index (χ1n) is 6.17. The van der Waals surface area contributed by atoms with Crippen LogP contribution in [-0.2, 0) is 0 Å². The van der Waals surface area contributed by atoms with Crippen LogP contribution >= 0.6 is 0 Å². The van der Waals surface area contributed by atoms with Gasteiger partial charge in [-0.2, -0.15) is 0 Å². The standard InChI is InChI=1S/C13H24N2/c1-3-5-6-7-13(15-14)12-9-8-11(4-2)10-12/h11-13,15H,4,6-10,14H2,1-2H3. The van der Waals surface area contributed by atoms with Crippen LogP contribution in [0.1, 0.15) is 52.4 Å². The van der Waals surface area contributed by atoms with Crippen molar-refractivity contribution in [3.05, 3.63) is 0 Å². The first-order chi connectivity index (χ1) is 7.31. The van der Waals surface area contributed by atoms with E-state index in [1.54, 1.807) is 0 Å². The van der Waals surface area contributed by atoms with Crippen LogP contribution in [-0.4, -0.2) is 6.04 Å². The second kappa shape index (κ2) is 6.87. The summed E-state index contributed by atoms with van der Waals surface area (Å²) in [4.78, 5) is 0. The van der Waals surface area contributed by atoms with Gasteiger partial charge in [-0.3, -0.25) is 11.3 Å². The minimum atomic E-state index is 0.474. The van der Waals surface area contributed by atoms with Crippen molar-refractivity contribution in [2.24, 2.45) is 17.7 Å². The van der Waals surface area contributed by atoms with E-state index < -0.39 is 0 Å². The molecule has 1 aliphatic rings. The number of hydrazine groups is 1. The summed E-state index contributed by atoms with van der Waals surface area (Å²) < 4.78 is 0. The molecule has 1 aliphatic carbocycles. The second-order valence-electron chi connectivity index (χ2n) is 4.59. The van der Waals surface area contributed by atoms with Crippen molar-refractivity contribution in [1.82, 2.24) is 5.43 Å². The Hall–Kier alpha value is -0.520. The van der Waals surface area contributed by atoms with E-state index in [1.807, 2.05) is 6.92 Å². The summed E-state index contributed by atoms with van der Waals surface area (Å²) in [6.07, 6.45) is 7.47. The van der Waals surface area contributed by atoms with E-state index in [-0.39, 0.29) is 0 Å². The average Bonchev–Trinajstić information content (AvgIpc) is 2.73. The lowest BCUT2D eigenvalue weighted by Gasteiger charge is -2.22. The zero-order valence-corrected chi connectivity index (χ0v) is 10.1. The SMILES string of the molecule is CC#CCCC(NN)C1CCC(CC)C1. The van der Waals surface area contributed by atoms with Gasteiger partial charge in [-0.15, -0.1) is 11.8 Å². The molecule has 1 rings (SSSR count). The van der Waals surface area contributed by atoms with Crippen LogP contribution in [0.2, 0.25) is 0 Å². The molecule has 86 valence electrons. The Bertz CT molecular complexity index is 226. The zero-order chi connectivity index (χ0) is 11.1. The Kier molecular flexibility index (Phi) is 5.75. The lowest BCUT2D eigenvalue weighted by Crippen LogP contribution is -2.40.